The van der Waals surface area contributed by atoms with Gasteiger partial charge in [0.1, 0.15) is 17.3 Å². The van der Waals surface area contributed by atoms with E-state index in [1.807, 2.05) is 13.0 Å². The van der Waals surface area contributed by atoms with Gasteiger partial charge in [0.25, 0.3) is 0 Å². The molecule has 0 aliphatic carbocycles. The van der Waals surface area contributed by atoms with Crippen LogP contribution in [0.1, 0.15) is 39.7 Å². The predicted octanol–water partition coefficient (Wildman–Crippen LogP) is 3.81. The molecule has 1 amide bonds. The summed E-state index contributed by atoms with van der Waals surface area (Å²) in [4.78, 5) is 23.4. The van der Waals surface area contributed by atoms with Crippen molar-refractivity contribution in [3.8, 4) is 11.3 Å². The van der Waals surface area contributed by atoms with Crippen LogP contribution in [-0.4, -0.2) is 26.8 Å². The molecule has 1 aliphatic rings. The summed E-state index contributed by atoms with van der Waals surface area (Å²) in [6, 6.07) is 8.28. The van der Waals surface area contributed by atoms with Crippen molar-refractivity contribution in [1.29, 1.82) is 0 Å². The highest BCUT2D eigenvalue weighted by Crippen LogP contribution is 2.40. The number of carbonyl (C=O) groups excluding carboxylic acids is 1. The number of nitrogens with zero attached hydrogens (tertiary/aromatic N) is 2. The van der Waals surface area contributed by atoms with Crippen molar-refractivity contribution >= 4 is 29.3 Å². The van der Waals surface area contributed by atoms with Crippen LogP contribution in [0.2, 0.25) is 5.02 Å². The number of carbonyl (C=O) groups is 2. The van der Waals surface area contributed by atoms with Gasteiger partial charge >= 0.3 is 5.97 Å². The SMILES string of the molecule is Cc1nn(C)c2c1C(c1ccc(-c3ccc(Cl)c(C(=O)O)c3)o1)CC(=O)N2. The lowest BCUT2D eigenvalue weighted by molar-refractivity contribution is -0.116. The Labute approximate surface area is 159 Å². The van der Waals surface area contributed by atoms with Gasteiger partial charge in [0.2, 0.25) is 5.91 Å². The summed E-state index contributed by atoms with van der Waals surface area (Å²) < 4.78 is 7.65. The molecule has 1 aromatic carbocycles. The number of hydrogen-bond acceptors (Lipinski definition) is 4. The number of hydrogen-bond donors (Lipinski definition) is 2. The minimum atomic E-state index is -1.10. The first kappa shape index (κ1) is 17.4. The van der Waals surface area contributed by atoms with E-state index in [-0.39, 0.29) is 28.8 Å². The van der Waals surface area contributed by atoms with Gasteiger partial charge in [0.15, 0.2) is 0 Å². The van der Waals surface area contributed by atoms with Crippen molar-refractivity contribution < 1.29 is 19.1 Å². The van der Waals surface area contributed by atoms with E-state index in [0.717, 1.165) is 11.3 Å². The van der Waals surface area contributed by atoms with Crippen molar-refractivity contribution in [2.24, 2.45) is 7.05 Å². The highest BCUT2D eigenvalue weighted by molar-refractivity contribution is 6.33. The Bertz CT molecular complexity index is 1080. The van der Waals surface area contributed by atoms with Crippen LogP contribution in [0.25, 0.3) is 11.3 Å². The standard InChI is InChI=1S/C19H16ClN3O4/c1-9-17-12(8-16(24)21-18(17)23(2)22-9)15-6-5-14(27-15)10-3-4-13(20)11(7-10)19(25)26/h3-7,12H,8H2,1-2H3,(H,21,24)(H,25,26). The number of aryl methyl sites for hydroxylation is 2. The number of amides is 1. The summed E-state index contributed by atoms with van der Waals surface area (Å²) >= 11 is 5.93. The second-order valence-electron chi connectivity index (χ2n) is 6.48. The topological polar surface area (TPSA) is 97.4 Å². The molecule has 1 aliphatic heterocycles. The number of benzene rings is 1. The lowest BCUT2D eigenvalue weighted by Crippen LogP contribution is -2.24. The summed E-state index contributed by atoms with van der Waals surface area (Å²) in [6.45, 7) is 1.89. The van der Waals surface area contributed by atoms with Crippen LogP contribution in [0.4, 0.5) is 5.82 Å². The van der Waals surface area contributed by atoms with Gasteiger partial charge in [-0.25, -0.2) is 4.79 Å². The van der Waals surface area contributed by atoms with E-state index in [4.69, 9.17) is 16.0 Å². The van der Waals surface area contributed by atoms with E-state index in [0.29, 0.717) is 22.9 Å². The number of aromatic carboxylic acids is 1. The molecule has 0 radical (unpaired) electrons. The van der Waals surface area contributed by atoms with Crippen molar-refractivity contribution in [2.75, 3.05) is 5.32 Å². The Kier molecular flexibility index (Phi) is 4.04. The molecule has 4 rings (SSSR count). The van der Waals surface area contributed by atoms with Crippen molar-refractivity contribution in [1.82, 2.24) is 9.78 Å². The zero-order valence-corrected chi connectivity index (χ0v) is 15.4. The molecule has 0 saturated carbocycles. The number of nitrogens with one attached hydrogen (secondary N) is 1. The molecule has 27 heavy (non-hydrogen) atoms. The maximum atomic E-state index is 12.1. The Hall–Kier alpha value is -3.06. The fraction of sp³-hybridized carbons (Fsp3) is 0.211. The van der Waals surface area contributed by atoms with Gasteiger partial charge < -0.3 is 14.8 Å². The van der Waals surface area contributed by atoms with E-state index in [2.05, 4.69) is 10.4 Å². The molecule has 0 bridgehead atoms. The predicted molar refractivity (Wildman–Crippen MR) is 99.1 cm³/mol. The Morgan fingerprint density at radius 2 is 2.15 bits per heavy atom. The van der Waals surface area contributed by atoms with Gasteiger partial charge in [-0.15, -0.1) is 0 Å². The Morgan fingerprint density at radius 3 is 2.89 bits per heavy atom. The molecule has 1 unspecified atom stereocenters. The molecule has 3 heterocycles. The summed E-state index contributed by atoms with van der Waals surface area (Å²) in [5, 5.41) is 16.7. The summed E-state index contributed by atoms with van der Waals surface area (Å²) in [5.41, 5.74) is 2.37. The molecule has 3 aromatic rings. The lowest BCUT2D eigenvalue weighted by atomic mass is 9.90. The fourth-order valence-electron chi connectivity index (χ4n) is 3.49. The zero-order chi connectivity index (χ0) is 19.3. The molecule has 0 fully saturated rings. The first-order valence-corrected chi connectivity index (χ1v) is 8.69. The average molecular weight is 386 g/mol. The fourth-order valence-corrected chi connectivity index (χ4v) is 3.69. The molecule has 8 heteroatoms. The van der Waals surface area contributed by atoms with Crippen LogP contribution in [0, 0.1) is 6.92 Å². The summed E-state index contributed by atoms with van der Waals surface area (Å²) in [5.74, 6) is 0.359. The molecule has 1 atom stereocenters. The maximum Gasteiger partial charge on any atom is 0.337 e. The minimum absolute atomic E-state index is 0.00884. The second kappa shape index (κ2) is 6.28. The minimum Gasteiger partial charge on any atom is -0.478 e. The van der Waals surface area contributed by atoms with Crippen LogP contribution in [0.15, 0.2) is 34.7 Å². The molecule has 7 nitrogen and oxygen atoms in total. The number of furan rings is 1. The van der Waals surface area contributed by atoms with Gasteiger partial charge in [-0.05, 0) is 37.3 Å². The summed E-state index contributed by atoms with van der Waals surface area (Å²) in [6.07, 6.45) is 0.257. The number of fused-ring (bicyclic) bond motifs is 1. The molecular weight excluding hydrogens is 370 g/mol. The van der Waals surface area contributed by atoms with Crippen LogP contribution in [0.5, 0.6) is 0 Å². The number of anilines is 1. The quantitative estimate of drug-likeness (QED) is 0.714. The summed E-state index contributed by atoms with van der Waals surface area (Å²) in [7, 11) is 1.78. The maximum absolute atomic E-state index is 12.1. The number of halogens is 1. The number of aromatic nitrogens is 2. The third kappa shape index (κ3) is 2.90. The zero-order valence-electron chi connectivity index (χ0n) is 14.6. The third-order valence-corrected chi connectivity index (χ3v) is 5.05. The first-order valence-electron chi connectivity index (χ1n) is 8.31. The van der Waals surface area contributed by atoms with Gasteiger partial charge in [-0.2, -0.15) is 5.10 Å². The largest absolute Gasteiger partial charge is 0.478 e. The van der Waals surface area contributed by atoms with E-state index in [9.17, 15) is 14.7 Å². The Balaban J connectivity index is 1.75. The van der Waals surface area contributed by atoms with Gasteiger partial charge in [0.05, 0.1) is 22.2 Å². The Morgan fingerprint density at radius 1 is 1.37 bits per heavy atom. The van der Waals surface area contributed by atoms with Crippen LogP contribution < -0.4 is 5.32 Å². The monoisotopic (exact) mass is 385 g/mol. The molecular formula is C19H16ClN3O4. The van der Waals surface area contributed by atoms with Gasteiger partial charge in [-0.3, -0.25) is 9.48 Å². The number of carboxylic acid groups (broad SMARTS) is 1. The van der Waals surface area contributed by atoms with E-state index >= 15 is 0 Å². The molecule has 2 N–H and O–H groups in total. The number of rotatable bonds is 3. The van der Waals surface area contributed by atoms with Gasteiger partial charge in [-0.1, -0.05) is 11.6 Å². The normalized spacial score (nSPS) is 16.1. The second-order valence-corrected chi connectivity index (χ2v) is 6.89. The average Bonchev–Trinajstić information content (AvgIpc) is 3.20. The number of carboxylic acids is 1. The highest BCUT2D eigenvalue weighted by Gasteiger charge is 2.33. The van der Waals surface area contributed by atoms with E-state index in [1.54, 1.807) is 23.9 Å². The van der Waals surface area contributed by atoms with Crippen molar-refractivity contribution in [2.45, 2.75) is 19.3 Å². The molecule has 0 spiro atoms. The van der Waals surface area contributed by atoms with Crippen LogP contribution in [0.3, 0.4) is 0 Å². The molecule has 0 saturated heterocycles. The van der Waals surface area contributed by atoms with E-state index in [1.165, 1.54) is 12.1 Å². The van der Waals surface area contributed by atoms with Crippen molar-refractivity contribution in [3.63, 3.8) is 0 Å². The highest BCUT2D eigenvalue weighted by atomic mass is 35.5. The van der Waals surface area contributed by atoms with Crippen LogP contribution >= 0.6 is 11.6 Å². The molecule has 138 valence electrons. The smallest absolute Gasteiger partial charge is 0.337 e. The third-order valence-electron chi connectivity index (χ3n) is 4.72. The van der Waals surface area contributed by atoms with Crippen molar-refractivity contribution in [3.05, 3.63) is 57.9 Å². The first-order chi connectivity index (χ1) is 12.8. The van der Waals surface area contributed by atoms with Crippen LogP contribution in [-0.2, 0) is 11.8 Å². The molecule has 2 aromatic heterocycles. The lowest BCUT2D eigenvalue weighted by Gasteiger charge is -2.22. The van der Waals surface area contributed by atoms with E-state index < -0.39 is 5.97 Å². The van der Waals surface area contributed by atoms with Gasteiger partial charge in [0, 0.05) is 24.6 Å².